The van der Waals surface area contributed by atoms with Crippen molar-refractivity contribution in [1.29, 1.82) is 0 Å². The van der Waals surface area contributed by atoms with E-state index in [1.54, 1.807) is 18.2 Å². The highest BCUT2D eigenvalue weighted by Crippen LogP contribution is 2.36. The largest absolute Gasteiger partial charge is 0.302 e. The van der Waals surface area contributed by atoms with Crippen molar-refractivity contribution in [2.75, 3.05) is 0 Å². The highest BCUT2D eigenvalue weighted by Gasteiger charge is 2.27. The molecule has 1 N–H and O–H groups in total. The highest BCUT2D eigenvalue weighted by molar-refractivity contribution is 9.09. The summed E-state index contributed by atoms with van der Waals surface area (Å²) in [6.07, 6.45) is -0.415. The maximum absolute atomic E-state index is 12.8. The number of rotatable bonds is 4. The summed E-state index contributed by atoms with van der Waals surface area (Å²) in [5.74, 6) is -2.82. The number of alkyl halides is 3. The molecule has 0 fully saturated rings. The minimum absolute atomic E-state index is 0.161. The number of hydrogen-bond donors (Lipinski definition) is 1. The van der Waals surface area contributed by atoms with Crippen molar-refractivity contribution in [2.24, 2.45) is 0 Å². The van der Waals surface area contributed by atoms with Crippen LogP contribution in [0.2, 0.25) is 0 Å². The molecular formula is C10H11BrF2O2S. The second kappa shape index (κ2) is 5.33. The zero-order valence-electron chi connectivity index (χ0n) is 8.49. The third kappa shape index (κ3) is 3.92. The average molecular weight is 313 g/mol. The van der Waals surface area contributed by atoms with Gasteiger partial charge in [0.15, 0.2) is 11.1 Å². The van der Waals surface area contributed by atoms with E-state index in [4.69, 9.17) is 4.55 Å². The van der Waals surface area contributed by atoms with Gasteiger partial charge in [0.05, 0.1) is 4.90 Å². The van der Waals surface area contributed by atoms with E-state index in [1.807, 2.05) is 0 Å². The molecule has 16 heavy (non-hydrogen) atoms. The second-order valence-electron chi connectivity index (χ2n) is 3.53. The maximum Gasteiger partial charge on any atom is 0.246 e. The average Bonchev–Trinajstić information content (AvgIpc) is 2.15. The SMILES string of the molecule is CC(F)(F)CC(Br)c1ccccc1S(=O)O. The summed E-state index contributed by atoms with van der Waals surface area (Å²) in [7, 11) is 0. The summed E-state index contributed by atoms with van der Waals surface area (Å²) in [6.45, 7) is 0.819. The predicted octanol–water partition coefficient (Wildman–Crippen LogP) is 3.75. The molecular weight excluding hydrogens is 302 g/mol. The summed E-state index contributed by atoms with van der Waals surface area (Å²) in [6, 6.07) is 6.26. The van der Waals surface area contributed by atoms with E-state index < -0.39 is 28.3 Å². The van der Waals surface area contributed by atoms with E-state index >= 15 is 0 Å². The standard InChI is InChI=1S/C10H11BrF2O2S/c1-10(12,13)6-8(11)7-4-2-3-5-9(7)16(14)15/h2-5,8H,6H2,1H3,(H,14,15). The molecule has 0 radical (unpaired) electrons. The zero-order valence-corrected chi connectivity index (χ0v) is 10.9. The van der Waals surface area contributed by atoms with Gasteiger partial charge in [-0.05, 0) is 18.6 Å². The number of hydrogen-bond acceptors (Lipinski definition) is 1. The Bertz CT molecular complexity index is 393. The predicted molar refractivity (Wildman–Crippen MR) is 62.4 cm³/mol. The van der Waals surface area contributed by atoms with Crippen molar-refractivity contribution in [3.63, 3.8) is 0 Å². The molecule has 0 saturated heterocycles. The minimum Gasteiger partial charge on any atom is -0.302 e. The summed E-state index contributed by atoms with van der Waals surface area (Å²) in [5.41, 5.74) is 0.421. The van der Waals surface area contributed by atoms with Gasteiger partial charge in [-0.3, -0.25) is 0 Å². The molecule has 2 nitrogen and oxygen atoms in total. The van der Waals surface area contributed by atoms with Crippen molar-refractivity contribution in [3.8, 4) is 0 Å². The molecule has 1 rings (SSSR count). The van der Waals surface area contributed by atoms with Crippen LogP contribution >= 0.6 is 15.9 Å². The van der Waals surface area contributed by atoms with Crippen LogP contribution in [0.1, 0.15) is 23.7 Å². The molecule has 0 saturated carbocycles. The van der Waals surface area contributed by atoms with Gasteiger partial charge in [0.25, 0.3) is 0 Å². The fourth-order valence-electron chi connectivity index (χ4n) is 1.32. The number of benzene rings is 1. The quantitative estimate of drug-likeness (QED) is 0.679. The van der Waals surface area contributed by atoms with Gasteiger partial charge in [-0.1, -0.05) is 34.1 Å². The van der Waals surface area contributed by atoms with Crippen LogP contribution in [0.5, 0.6) is 0 Å². The van der Waals surface area contributed by atoms with E-state index in [9.17, 15) is 13.0 Å². The Hall–Kier alpha value is -0.330. The molecule has 0 heterocycles. The van der Waals surface area contributed by atoms with Crippen molar-refractivity contribution in [2.45, 2.75) is 29.0 Å². The van der Waals surface area contributed by atoms with Crippen LogP contribution in [-0.4, -0.2) is 14.7 Å². The molecule has 6 heteroatoms. The third-order valence-corrected chi connectivity index (χ3v) is 3.55. The van der Waals surface area contributed by atoms with Gasteiger partial charge in [-0.2, -0.15) is 0 Å². The first-order valence-electron chi connectivity index (χ1n) is 4.53. The van der Waals surface area contributed by atoms with Crippen LogP contribution < -0.4 is 0 Å². The molecule has 0 aromatic heterocycles. The molecule has 0 aliphatic heterocycles. The van der Waals surface area contributed by atoms with Crippen molar-refractivity contribution in [1.82, 2.24) is 0 Å². The lowest BCUT2D eigenvalue weighted by molar-refractivity contribution is 0.0128. The lowest BCUT2D eigenvalue weighted by Gasteiger charge is -2.17. The summed E-state index contributed by atoms with van der Waals surface area (Å²) in [4.78, 5) is -0.478. The molecule has 1 aromatic rings. The molecule has 0 amide bonds. The lowest BCUT2D eigenvalue weighted by Crippen LogP contribution is -2.13. The fourth-order valence-corrected chi connectivity index (χ4v) is 3.05. The van der Waals surface area contributed by atoms with Crippen molar-refractivity contribution < 1.29 is 17.5 Å². The van der Waals surface area contributed by atoms with Crippen LogP contribution in [0.3, 0.4) is 0 Å². The molecule has 2 unspecified atom stereocenters. The van der Waals surface area contributed by atoms with Crippen LogP contribution in [0.15, 0.2) is 29.2 Å². The molecule has 1 aromatic carbocycles. The van der Waals surface area contributed by atoms with Gasteiger partial charge in [0.2, 0.25) is 5.92 Å². The van der Waals surface area contributed by atoms with Crippen LogP contribution in [0.4, 0.5) is 8.78 Å². The van der Waals surface area contributed by atoms with E-state index in [2.05, 4.69) is 15.9 Å². The molecule has 90 valence electrons. The fraction of sp³-hybridized carbons (Fsp3) is 0.400. The molecule has 0 bridgehead atoms. The lowest BCUT2D eigenvalue weighted by atomic mass is 10.1. The summed E-state index contributed by atoms with van der Waals surface area (Å²) >= 11 is 0.951. The monoisotopic (exact) mass is 312 g/mol. The molecule has 0 spiro atoms. The van der Waals surface area contributed by atoms with Gasteiger partial charge < -0.3 is 4.55 Å². The van der Waals surface area contributed by atoms with Crippen LogP contribution in [0, 0.1) is 0 Å². The molecule has 2 atom stereocenters. The smallest absolute Gasteiger partial charge is 0.246 e. The first kappa shape index (κ1) is 13.7. The highest BCUT2D eigenvalue weighted by atomic mass is 79.9. The molecule has 0 aliphatic carbocycles. The maximum atomic E-state index is 12.8. The van der Waals surface area contributed by atoms with Gasteiger partial charge in [0.1, 0.15) is 0 Å². The molecule has 0 aliphatic rings. The normalized spacial score (nSPS) is 15.8. The topological polar surface area (TPSA) is 37.3 Å². The van der Waals surface area contributed by atoms with Gasteiger partial charge >= 0.3 is 0 Å². The van der Waals surface area contributed by atoms with E-state index in [0.717, 1.165) is 6.92 Å². The van der Waals surface area contributed by atoms with Crippen molar-refractivity contribution >= 4 is 27.0 Å². The Morgan fingerprint density at radius 1 is 1.50 bits per heavy atom. The van der Waals surface area contributed by atoms with Gasteiger partial charge in [-0.25, -0.2) is 13.0 Å². The van der Waals surface area contributed by atoms with Gasteiger partial charge in [-0.15, -0.1) is 0 Å². The Labute approximate surface area is 103 Å². The van der Waals surface area contributed by atoms with E-state index in [1.165, 1.54) is 6.07 Å². The minimum atomic E-state index is -2.82. The first-order valence-corrected chi connectivity index (χ1v) is 6.55. The van der Waals surface area contributed by atoms with E-state index in [-0.39, 0.29) is 4.90 Å². The third-order valence-electron chi connectivity index (χ3n) is 1.98. The Morgan fingerprint density at radius 2 is 2.06 bits per heavy atom. The summed E-state index contributed by atoms with van der Waals surface area (Å²) < 4.78 is 45.7. The number of halogens is 3. The van der Waals surface area contributed by atoms with Crippen molar-refractivity contribution in [3.05, 3.63) is 29.8 Å². The second-order valence-corrected chi connectivity index (χ2v) is 5.57. The van der Waals surface area contributed by atoms with Crippen LogP contribution in [0.25, 0.3) is 0 Å². The Kier molecular flexibility index (Phi) is 4.58. The summed E-state index contributed by atoms with van der Waals surface area (Å²) in [5, 5.41) is 0. The van der Waals surface area contributed by atoms with Crippen LogP contribution in [-0.2, 0) is 11.1 Å². The van der Waals surface area contributed by atoms with E-state index in [0.29, 0.717) is 5.56 Å². The zero-order chi connectivity index (χ0) is 12.3. The Balaban J connectivity index is 2.99. The van der Waals surface area contributed by atoms with Gasteiger partial charge in [0, 0.05) is 11.2 Å². The first-order chi connectivity index (χ1) is 7.31. The Morgan fingerprint density at radius 3 is 2.56 bits per heavy atom.